The van der Waals surface area contributed by atoms with Crippen LogP contribution in [-0.2, 0) is 17.6 Å². The van der Waals surface area contributed by atoms with Gasteiger partial charge in [-0.3, -0.25) is 15.0 Å². The summed E-state index contributed by atoms with van der Waals surface area (Å²) in [5, 5.41) is 22.9. The van der Waals surface area contributed by atoms with Gasteiger partial charge in [0.25, 0.3) is 5.91 Å². The lowest BCUT2D eigenvalue weighted by molar-refractivity contribution is -0.120. The van der Waals surface area contributed by atoms with Crippen molar-refractivity contribution >= 4 is 17.6 Å². The van der Waals surface area contributed by atoms with E-state index in [0.29, 0.717) is 29.7 Å². The van der Waals surface area contributed by atoms with Crippen molar-refractivity contribution in [3.8, 4) is 11.5 Å². The first-order chi connectivity index (χ1) is 13.0. The largest absolute Gasteiger partial charge is 0.508 e. The maximum Gasteiger partial charge on any atom is 0.329 e. The van der Waals surface area contributed by atoms with E-state index in [2.05, 4.69) is 18.5 Å². The molecular formula is C21H20N2O4. The Morgan fingerprint density at radius 3 is 2.48 bits per heavy atom. The summed E-state index contributed by atoms with van der Waals surface area (Å²) < 4.78 is 0. The zero-order valence-electron chi connectivity index (χ0n) is 14.7. The van der Waals surface area contributed by atoms with Gasteiger partial charge in [0, 0.05) is 17.2 Å². The van der Waals surface area contributed by atoms with E-state index in [1.165, 1.54) is 17.0 Å². The summed E-state index contributed by atoms with van der Waals surface area (Å²) in [7, 11) is 0. The van der Waals surface area contributed by atoms with Crippen LogP contribution in [0.25, 0.3) is 0 Å². The number of imide groups is 1. The number of amides is 3. The third-order valence-corrected chi connectivity index (χ3v) is 4.48. The minimum Gasteiger partial charge on any atom is -0.508 e. The molecule has 6 heteroatoms. The van der Waals surface area contributed by atoms with E-state index < -0.39 is 18.0 Å². The van der Waals surface area contributed by atoms with Crippen LogP contribution < -0.4 is 10.2 Å². The molecular weight excluding hydrogens is 344 g/mol. The summed E-state index contributed by atoms with van der Waals surface area (Å²) in [5.74, 6) is -0.620. The first kappa shape index (κ1) is 18.3. The number of phenolic OH excluding ortho intramolecular Hbond substituents is 2. The monoisotopic (exact) mass is 364 g/mol. The van der Waals surface area contributed by atoms with Crippen molar-refractivity contribution < 1.29 is 19.8 Å². The van der Waals surface area contributed by atoms with Crippen LogP contribution >= 0.6 is 0 Å². The molecule has 3 rings (SSSR count). The molecule has 0 aliphatic carbocycles. The molecule has 1 saturated heterocycles. The highest BCUT2D eigenvalue weighted by molar-refractivity contribution is 6.14. The van der Waals surface area contributed by atoms with E-state index in [1.54, 1.807) is 30.4 Å². The number of benzene rings is 2. The maximum absolute atomic E-state index is 12.5. The van der Waals surface area contributed by atoms with Crippen LogP contribution in [0, 0.1) is 0 Å². The predicted octanol–water partition coefficient (Wildman–Crippen LogP) is 3.35. The Bertz CT molecular complexity index is 936. The van der Waals surface area contributed by atoms with Crippen molar-refractivity contribution in [1.82, 2.24) is 5.32 Å². The van der Waals surface area contributed by atoms with Crippen LogP contribution in [-0.4, -0.2) is 22.2 Å². The van der Waals surface area contributed by atoms with Crippen molar-refractivity contribution in [2.24, 2.45) is 0 Å². The Kier molecular flexibility index (Phi) is 4.98. The van der Waals surface area contributed by atoms with Gasteiger partial charge in [0.05, 0.1) is 5.69 Å². The average molecular weight is 364 g/mol. The molecule has 1 heterocycles. The zero-order chi connectivity index (χ0) is 19.6. The van der Waals surface area contributed by atoms with Crippen LogP contribution in [0.15, 0.2) is 61.7 Å². The lowest BCUT2D eigenvalue weighted by Gasteiger charge is -2.24. The Morgan fingerprint density at radius 1 is 1.07 bits per heavy atom. The number of carbonyl (C=O) groups excluding carboxylic acids is 2. The number of urea groups is 1. The van der Waals surface area contributed by atoms with Crippen LogP contribution in [0.2, 0.25) is 0 Å². The van der Waals surface area contributed by atoms with Crippen molar-refractivity contribution in [3.05, 3.63) is 78.4 Å². The molecule has 27 heavy (non-hydrogen) atoms. The molecule has 6 nitrogen and oxygen atoms in total. The Morgan fingerprint density at radius 2 is 1.81 bits per heavy atom. The fourth-order valence-electron chi connectivity index (χ4n) is 3.29. The Balaban J connectivity index is 2.13. The molecule has 1 unspecified atom stereocenters. The molecule has 0 spiro atoms. The first-order valence-corrected chi connectivity index (χ1v) is 8.46. The van der Waals surface area contributed by atoms with Gasteiger partial charge >= 0.3 is 6.03 Å². The SMILES string of the molecule is C=CCc1ccc(C2C(=O)NC(=O)N2c2cccc(O)c2)c(O)c1CC=C. The van der Waals surface area contributed by atoms with Gasteiger partial charge in [0.15, 0.2) is 0 Å². The van der Waals surface area contributed by atoms with Gasteiger partial charge in [0.2, 0.25) is 0 Å². The highest BCUT2D eigenvalue weighted by atomic mass is 16.3. The molecule has 0 radical (unpaired) electrons. The zero-order valence-corrected chi connectivity index (χ0v) is 14.7. The second-order valence-corrected chi connectivity index (χ2v) is 6.21. The van der Waals surface area contributed by atoms with Crippen LogP contribution in [0.5, 0.6) is 11.5 Å². The number of rotatable bonds is 6. The standard InChI is InChI=1S/C21H20N2O4/c1-3-6-13-10-11-17(19(25)16(13)7-4-2)18-20(26)22-21(27)23(18)14-8-5-9-15(24)12-14/h3-5,8-12,18,24-25H,1-2,6-7H2,(H,22,26,27). The normalized spacial score (nSPS) is 16.3. The second kappa shape index (κ2) is 7.37. The molecule has 3 N–H and O–H groups in total. The fraction of sp³-hybridized carbons (Fsp3) is 0.143. The van der Waals surface area contributed by atoms with E-state index in [9.17, 15) is 19.8 Å². The van der Waals surface area contributed by atoms with E-state index >= 15 is 0 Å². The molecule has 3 amide bonds. The highest BCUT2D eigenvalue weighted by Gasteiger charge is 2.42. The minimum absolute atomic E-state index is 0.0312. The molecule has 138 valence electrons. The quantitative estimate of drug-likeness (QED) is 0.542. The van der Waals surface area contributed by atoms with Crippen LogP contribution in [0.4, 0.5) is 10.5 Å². The number of anilines is 1. The minimum atomic E-state index is -1.04. The third-order valence-electron chi connectivity index (χ3n) is 4.48. The number of aromatic hydroxyl groups is 2. The van der Waals surface area contributed by atoms with Gasteiger partial charge in [-0.2, -0.15) is 0 Å². The highest BCUT2D eigenvalue weighted by Crippen LogP contribution is 2.39. The van der Waals surface area contributed by atoms with Gasteiger partial charge < -0.3 is 10.2 Å². The number of hydrogen-bond donors (Lipinski definition) is 3. The number of hydrogen-bond acceptors (Lipinski definition) is 4. The van der Waals surface area contributed by atoms with Gasteiger partial charge in [-0.15, -0.1) is 13.2 Å². The molecule has 0 bridgehead atoms. The molecule has 1 atom stereocenters. The summed E-state index contributed by atoms with van der Waals surface area (Å²) >= 11 is 0. The van der Waals surface area contributed by atoms with Crippen molar-refractivity contribution in [2.45, 2.75) is 18.9 Å². The van der Waals surface area contributed by atoms with Gasteiger partial charge in [-0.25, -0.2) is 4.79 Å². The van der Waals surface area contributed by atoms with E-state index in [1.807, 2.05) is 6.07 Å². The molecule has 2 aromatic carbocycles. The lowest BCUT2D eigenvalue weighted by atomic mass is 9.93. The van der Waals surface area contributed by atoms with Gasteiger partial charge in [0.1, 0.15) is 17.5 Å². The number of nitrogens with one attached hydrogen (secondary N) is 1. The molecule has 0 aromatic heterocycles. The Labute approximate surface area is 157 Å². The van der Waals surface area contributed by atoms with Crippen LogP contribution in [0.1, 0.15) is 22.7 Å². The molecule has 1 fully saturated rings. The molecule has 1 aliphatic rings. The van der Waals surface area contributed by atoms with E-state index in [-0.39, 0.29) is 11.5 Å². The topological polar surface area (TPSA) is 89.9 Å². The predicted molar refractivity (Wildman–Crippen MR) is 103 cm³/mol. The number of phenols is 2. The molecule has 0 saturated carbocycles. The summed E-state index contributed by atoms with van der Waals surface area (Å²) in [4.78, 5) is 26.1. The van der Waals surface area contributed by atoms with E-state index in [0.717, 1.165) is 5.56 Å². The van der Waals surface area contributed by atoms with Crippen molar-refractivity contribution in [2.75, 3.05) is 4.90 Å². The number of nitrogens with zero attached hydrogens (tertiary/aromatic N) is 1. The van der Waals surface area contributed by atoms with Crippen molar-refractivity contribution in [1.29, 1.82) is 0 Å². The fourth-order valence-corrected chi connectivity index (χ4v) is 3.29. The van der Waals surface area contributed by atoms with Crippen LogP contribution in [0.3, 0.4) is 0 Å². The summed E-state index contributed by atoms with van der Waals surface area (Å²) in [5.41, 5.74) is 2.18. The smallest absolute Gasteiger partial charge is 0.329 e. The van der Waals surface area contributed by atoms with Gasteiger partial charge in [-0.1, -0.05) is 30.4 Å². The van der Waals surface area contributed by atoms with Crippen molar-refractivity contribution in [3.63, 3.8) is 0 Å². The third kappa shape index (κ3) is 3.29. The lowest BCUT2D eigenvalue weighted by Crippen LogP contribution is -2.29. The number of allylic oxidation sites excluding steroid dienone is 2. The summed E-state index contributed by atoms with van der Waals surface area (Å²) in [6, 6.07) is 7.84. The summed E-state index contributed by atoms with van der Waals surface area (Å²) in [6.07, 6.45) is 4.37. The Hall–Kier alpha value is -3.54. The van der Waals surface area contributed by atoms with Gasteiger partial charge in [-0.05, 0) is 30.5 Å². The molecule has 2 aromatic rings. The van der Waals surface area contributed by atoms with E-state index in [4.69, 9.17) is 0 Å². The maximum atomic E-state index is 12.5. The number of carbonyl (C=O) groups is 2. The first-order valence-electron chi connectivity index (χ1n) is 8.46. The second-order valence-electron chi connectivity index (χ2n) is 6.21. The average Bonchev–Trinajstić information content (AvgIpc) is 2.92. The molecule has 1 aliphatic heterocycles. The summed E-state index contributed by atoms with van der Waals surface area (Å²) in [6.45, 7) is 7.44.